The van der Waals surface area contributed by atoms with Gasteiger partial charge in [-0.1, -0.05) is 13.8 Å². The fraction of sp³-hybridized carbons (Fsp3) is 0.909. The maximum Gasteiger partial charge on any atom is 0.206 e. The molecule has 0 rings (SSSR count). The second-order valence-corrected chi connectivity index (χ2v) is 4.39. The Labute approximate surface area is 98.8 Å². The van der Waals surface area contributed by atoms with E-state index in [-0.39, 0.29) is 6.04 Å². The molecule has 0 aliphatic rings. The third kappa shape index (κ3) is 6.63. The third-order valence-electron chi connectivity index (χ3n) is 2.12. The van der Waals surface area contributed by atoms with Crippen molar-refractivity contribution in [2.45, 2.75) is 46.7 Å². The molecule has 0 aromatic rings. The zero-order valence-corrected chi connectivity index (χ0v) is 11.1. The maximum atomic E-state index is 5.41. The molecule has 0 spiro atoms. The summed E-state index contributed by atoms with van der Waals surface area (Å²) < 4.78 is 5.40. The van der Waals surface area contributed by atoms with Gasteiger partial charge in [0.1, 0.15) is 0 Å². The molecule has 0 amide bonds. The van der Waals surface area contributed by atoms with Crippen LogP contribution in [0.1, 0.15) is 34.6 Å². The number of guanidine groups is 1. The molecular formula is C11H26N4O. The van der Waals surface area contributed by atoms with Gasteiger partial charge in [0.25, 0.3) is 0 Å². The van der Waals surface area contributed by atoms with Crippen LogP contribution < -0.4 is 16.6 Å². The molecule has 0 saturated heterocycles. The van der Waals surface area contributed by atoms with Crippen molar-refractivity contribution in [1.29, 1.82) is 0 Å². The van der Waals surface area contributed by atoms with Gasteiger partial charge in [-0.15, -0.1) is 0 Å². The lowest BCUT2D eigenvalue weighted by Gasteiger charge is -2.19. The minimum Gasteiger partial charge on any atom is -0.380 e. The summed E-state index contributed by atoms with van der Waals surface area (Å²) in [5, 5.41) is 3.15. The zero-order valence-electron chi connectivity index (χ0n) is 11.1. The number of nitrogens with two attached hydrogens (primary N) is 1. The molecule has 0 heterocycles. The summed E-state index contributed by atoms with van der Waals surface area (Å²) in [6.45, 7) is 11.6. The third-order valence-corrected chi connectivity index (χ3v) is 2.12. The zero-order chi connectivity index (χ0) is 12.6. The smallest absolute Gasteiger partial charge is 0.206 e. The van der Waals surface area contributed by atoms with Gasteiger partial charge in [-0.05, 0) is 26.7 Å². The summed E-state index contributed by atoms with van der Waals surface area (Å²) in [5.74, 6) is 6.45. The molecular weight excluding hydrogens is 204 g/mol. The van der Waals surface area contributed by atoms with Gasteiger partial charge < -0.3 is 10.1 Å². The fourth-order valence-electron chi connectivity index (χ4n) is 1.17. The number of hydrogen-bond acceptors (Lipinski definition) is 3. The Morgan fingerprint density at radius 1 is 1.31 bits per heavy atom. The molecule has 0 radical (unpaired) electrons. The van der Waals surface area contributed by atoms with Crippen molar-refractivity contribution in [3.05, 3.63) is 0 Å². The van der Waals surface area contributed by atoms with Crippen LogP contribution in [0.5, 0.6) is 0 Å². The number of aliphatic imine (C=N–C) groups is 1. The van der Waals surface area contributed by atoms with E-state index in [9.17, 15) is 0 Å². The van der Waals surface area contributed by atoms with E-state index in [1.165, 1.54) is 0 Å². The van der Waals surface area contributed by atoms with E-state index in [1.54, 1.807) is 0 Å². The highest BCUT2D eigenvalue weighted by Gasteiger charge is 2.13. The first-order valence-electron chi connectivity index (χ1n) is 5.89. The van der Waals surface area contributed by atoms with Gasteiger partial charge in [-0.3, -0.25) is 5.43 Å². The topological polar surface area (TPSA) is 71.7 Å². The first-order chi connectivity index (χ1) is 7.51. The molecule has 5 heteroatoms. The average molecular weight is 230 g/mol. The number of hydrogen-bond donors (Lipinski definition) is 3. The molecule has 0 saturated carbocycles. The highest BCUT2D eigenvalue weighted by molar-refractivity contribution is 5.79. The average Bonchev–Trinajstić information content (AvgIpc) is 2.21. The van der Waals surface area contributed by atoms with Crippen molar-refractivity contribution in [2.75, 3.05) is 13.2 Å². The van der Waals surface area contributed by atoms with Crippen LogP contribution in [0.25, 0.3) is 0 Å². The minimum atomic E-state index is 0.122. The number of hydrazine groups is 1. The fourth-order valence-corrected chi connectivity index (χ4v) is 1.17. The van der Waals surface area contributed by atoms with Gasteiger partial charge in [0.2, 0.25) is 5.96 Å². The first-order valence-corrected chi connectivity index (χ1v) is 5.89. The molecule has 0 aromatic heterocycles. The molecule has 1 atom stereocenters. The molecule has 0 fully saturated rings. The van der Waals surface area contributed by atoms with Gasteiger partial charge >= 0.3 is 0 Å². The monoisotopic (exact) mass is 230 g/mol. The van der Waals surface area contributed by atoms with Crippen molar-refractivity contribution >= 4 is 5.96 Å². The van der Waals surface area contributed by atoms with E-state index in [0.717, 1.165) is 0 Å². The van der Waals surface area contributed by atoms with Crippen LogP contribution >= 0.6 is 0 Å². The number of nitrogens with one attached hydrogen (secondary N) is 2. The van der Waals surface area contributed by atoms with Crippen LogP contribution in [0.15, 0.2) is 4.99 Å². The van der Waals surface area contributed by atoms with Crippen LogP contribution in [-0.2, 0) is 4.74 Å². The van der Waals surface area contributed by atoms with Crippen LogP contribution in [-0.4, -0.2) is 31.3 Å². The Balaban J connectivity index is 4.45. The lowest BCUT2D eigenvalue weighted by Crippen LogP contribution is -2.45. The highest BCUT2D eigenvalue weighted by Crippen LogP contribution is 2.06. The minimum absolute atomic E-state index is 0.122. The summed E-state index contributed by atoms with van der Waals surface area (Å²) in [4.78, 5) is 4.52. The maximum absolute atomic E-state index is 5.41. The highest BCUT2D eigenvalue weighted by atomic mass is 16.5. The molecule has 5 nitrogen and oxygen atoms in total. The SMILES string of the molecule is CCOCC(N=C(NN)NC(C)C)C(C)C. The predicted molar refractivity (Wildman–Crippen MR) is 68.1 cm³/mol. The van der Waals surface area contributed by atoms with Crippen molar-refractivity contribution in [3.63, 3.8) is 0 Å². The Hall–Kier alpha value is -0.810. The Kier molecular flexibility index (Phi) is 7.93. The van der Waals surface area contributed by atoms with E-state index in [2.05, 4.69) is 29.6 Å². The van der Waals surface area contributed by atoms with E-state index in [1.807, 2.05) is 20.8 Å². The molecule has 4 N–H and O–H groups in total. The van der Waals surface area contributed by atoms with Crippen molar-refractivity contribution in [1.82, 2.24) is 10.7 Å². The summed E-state index contributed by atoms with van der Waals surface area (Å²) in [7, 11) is 0. The van der Waals surface area contributed by atoms with Crippen LogP contribution in [0, 0.1) is 5.92 Å². The van der Waals surface area contributed by atoms with Crippen molar-refractivity contribution < 1.29 is 4.74 Å². The van der Waals surface area contributed by atoms with E-state index in [4.69, 9.17) is 10.6 Å². The molecule has 1 unspecified atom stereocenters. The van der Waals surface area contributed by atoms with Gasteiger partial charge in [0, 0.05) is 12.6 Å². The molecule has 96 valence electrons. The summed E-state index contributed by atoms with van der Waals surface area (Å²) in [6.07, 6.45) is 0. The first kappa shape index (κ1) is 15.2. The predicted octanol–water partition coefficient (Wildman–Crippen LogP) is 0.865. The number of rotatable bonds is 6. The van der Waals surface area contributed by atoms with Crippen LogP contribution in [0.2, 0.25) is 0 Å². The lowest BCUT2D eigenvalue weighted by atomic mass is 10.1. The van der Waals surface area contributed by atoms with Gasteiger partial charge in [-0.2, -0.15) is 0 Å². The van der Waals surface area contributed by atoms with Crippen molar-refractivity contribution in [3.8, 4) is 0 Å². The summed E-state index contributed by atoms with van der Waals surface area (Å²) in [5.41, 5.74) is 2.58. The molecule has 0 bridgehead atoms. The van der Waals surface area contributed by atoms with E-state index < -0.39 is 0 Å². The van der Waals surface area contributed by atoms with E-state index >= 15 is 0 Å². The Bertz CT molecular complexity index is 204. The Morgan fingerprint density at radius 3 is 2.31 bits per heavy atom. The summed E-state index contributed by atoms with van der Waals surface area (Å²) in [6, 6.07) is 0.423. The molecule has 0 aliphatic carbocycles. The quantitative estimate of drug-likeness (QED) is 0.274. The Morgan fingerprint density at radius 2 is 1.94 bits per heavy atom. The molecule has 0 aromatic carbocycles. The molecule has 0 aliphatic heterocycles. The second kappa shape index (κ2) is 8.35. The van der Waals surface area contributed by atoms with Crippen LogP contribution in [0.3, 0.4) is 0 Å². The number of nitrogens with zero attached hydrogens (tertiary/aromatic N) is 1. The van der Waals surface area contributed by atoms with Gasteiger partial charge in [0.05, 0.1) is 12.6 Å². The molecule has 16 heavy (non-hydrogen) atoms. The largest absolute Gasteiger partial charge is 0.380 e. The van der Waals surface area contributed by atoms with E-state index in [0.29, 0.717) is 31.1 Å². The van der Waals surface area contributed by atoms with Crippen LogP contribution in [0.4, 0.5) is 0 Å². The van der Waals surface area contributed by atoms with Gasteiger partial charge in [-0.25, -0.2) is 10.8 Å². The summed E-state index contributed by atoms with van der Waals surface area (Å²) >= 11 is 0. The normalized spacial score (nSPS) is 14.4. The standard InChI is InChI=1S/C11H26N4O/c1-6-16-7-10(8(2)3)14-11(15-12)13-9(4)5/h8-10H,6-7,12H2,1-5H3,(H2,13,14,15). The van der Waals surface area contributed by atoms with Crippen molar-refractivity contribution in [2.24, 2.45) is 16.8 Å². The second-order valence-electron chi connectivity index (χ2n) is 4.39. The van der Waals surface area contributed by atoms with Gasteiger partial charge in [0.15, 0.2) is 0 Å². The number of ether oxygens (including phenoxy) is 1. The lowest BCUT2D eigenvalue weighted by molar-refractivity contribution is 0.121.